The molecule has 0 atom stereocenters. The van der Waals surface area contributed by atoms with Crippen molar-refractivity contribution in [3.05, 3.63) is 80.5 Å². The largest absolute Gasteiger partial charge is 0.346 e. The molecule has 3 aromatic rings. The van der Waals surface area contributed by atoms with Crippen LogP contribution in [0.4, 0.5) is 4.39 Å². The van der Waals surface area contributed by atoms with E-state index in [9.17, 15) is 17.6 Å². The van der Waals surface area contributed by atoms with Crippen LogP contribution in [0.1, 0.15) is 25.8 Å². The summed E-state index contributed by atoms with van der Waals surface area (Å²) < 4.78 is 40.2. The summed E-state index contributed by atoms with van der Waals surface area (Å²) in [6.07, 6.45) is 1.42. The lowest BCUT2D eigenvalue weighted by molar-refractivity contribution is 0.0946. The van der Waals surface area contributed by atoms with Crippen molar-refractivity contribution in [1.29, 1.82) is 0 Å². The van der Waals surface area contributed by atoms with Crippen LogP contribution in [0.3, 0.4) is 0 Å². The Morgan fingerprint density at radius 3 is 2.59 bits per heavy atom. The number of aromatic nitrogens is 1. The van der Waals surface area contributed by atoms with Crippen LogP contribution in [0.5, 0.6) is 0 Å². The van der Waals surface area contributed by atoms with Crippen molar-refractivity contribution in [3.63, 3.8) is 0 Å². The van der Waals surface area contributed by atoms with Crippen LogP contribution in [0.15, 0.2) is 53.6 Å². The zero-order valence-electron chi connectivity index (χ0n) is 15.3. The average molecular weight is 454 g/mol. The number of rotatable bonds is 7. The Morgan fingerprint density at radius 2 is 1.97 bits per heavy atom. The number of hydrogen-bond acceptors (Lipinski definition) is 5. The molecule has 0 unspecified atom stereocenters. The normalized spacial score (nSPS) is 11.4. The highest BCUT2D eigenvalue weighted by Gasteiger charge is 2.16. The van der Waals surface area contributed by atoms with Crippen LogP contribution in [0.25, 0.3) is 0 Å². The van der Waals surface area contributed by atoms with E-state index in [2.05, 4.69) is 15.0 Å². The zero-order chi connectivity index (χ0) is 21.0. The molecule has 1 amide bonds. The standard InChI is InChI=1S/C19H17ClFN3O3S2/c1-12-2-4-14(28-12)11-23-19(25)18-7-3-13(9-22-18)10-24-29(26,27)15-5-6-17(21)16(20)8-15/h2-9,24H,10-11H2,1H3,(H,23,25). The number of amides is 1. The number of carbonyl (C=O) groups excluding carboxylic acids is 1. The van der Waals surface area contributed by atoms with Gasteiger partial charge in [-0.2, -0.15) is 0 Å². The second-order valence-corrected chi connectivity index (χ2v) is 9.69. The summed E-state index contributed by atoms with van der Waals surface area (Å²) in [5.41, 5.74) is 0.794. The third-order valence-electron chi connectivity index (χ3n) is 3.94. The molecule has 0 saturated heterocycles. The van der Waals surface area contributed by atoms with Gasteiger partial charge in [-0.15, -0.1) is 11.3 Å². The fourth-order valence-electron chi connectivity index (χ4n) is 2.41. The molecule has 2 heterocycles. The van der Waals surface area contributed by atoms with Crippen molar-refractivity contribution in [1.82, 2.24) is 15.0 Å². The van der Waals surface area contributed by atoms with Gasteiger partial charge in [-0.05, 0) is 48.9 Å². The fraction of sp³-hybridized carbons (Fsp3) is 0.158. The van der Waals surface area contributed by atoms with Crippen LogP contribution in [0.2, 0.25) is 5.02 Å². The van der Waals surface area contributed by atoms with Crippen molar-refractivity contribution >= 4 is 38.9 Å². The van der Waals surface area contributed by atoms with Gasteiger partial charge in [-0.1, -0.05) is 17.7 Å². The minimum Gasteiger partial charge on any atom is -0.346 e. The molecule has 3 rings (SSSR count). The first-order valence-electron chi connectivity index (χ1n) is 8.48. The van der Waals surface area contributed by atoms with E-state index >= 15 is 0 Å². The SMILES string of the molecule is Cc1ccc(CNC(=O)c2ccc(CNS(=O)(=O)c3ccc(F)c(Cl)c3)cn2)s1. The highest BCUT2D eigenvalue weighted by Crippen LogP contribution is 2.19. The fourth-order valence-corrected chi connectivity index (χ4v) is 4.53. The van der Waals surface area contributed by atoms with Crippen molar-refractivity contribution < 1.29 is 17.6 Å². The minimum atomic E-state index is -3.87. The summed E-state index contributed by atoms with van der Waals surface area (Å²) >= 11 is 7.24. The Morgan fingerprint density at radius 1 is 1.17 bits per heavy atom. The summed E-state index contributed by atoms with van der Waals surface area (Å²) in [5, 5.41) is 2.51. The molecule has 0 aliphatic rings. The molecule has 152 valence electrons. The van der Waals surface area contributed by atoms with Crippen LogP contribution in [-0.2, 0) is 23.1 Å². The van der Waals surface area contributed by atoms with Gasteiger partial charge < -0.3 is 5.32 Å². The molecule has 0 radical (unpaired) electrons. The lowest BCUT2D eigenvalue weighted by Gasteiger charge is -2.08. The Kier molecular flexibility index (Phi) is 6.63. The number of carbonyl (C=O) groups is 1. The highest BCUT2D eigenvalue weighted by atomic mass is 35.5. The first-order chi connectivity index (χ1) is 13.7. The lowest BCUT2D eigenvalue weighted by atomic mass is 10.2. The van der Waals surface area contributed by atoms with Gasteiger partial charge in [0.1, 0.15) is 11.5 Å². The molecular formula is C19H17ClFN3O3S2. The van der Waals surface area contributed by atoms with Crippen LogP contribution in [0, 0.1) is 12.7 Å². The summed E-state index contributed by atoms with van der Waals surface area (Å²) in [7, 11) is -3.87. The van der Waals surface area contributed by atoms with Gasteiger partial charge in [0.25, 0.3) is 5.91 Å². The molecule has 2 aromatic heterocycles. The molecule has 29 heavy (non-hydrogen) atoms. The van der Waals surface area contributed by atoms with Crippen molar-refractivity contribution in [2.24, 2.45) is 0 Å². The van der Waals surface area contributed by atoms with E-state index in [-0.39, 0.29) is 28.1 Å². The zero-order valence-corrected chi connectivity index (χ0v) is 17.7. The van der Waals surface area contributed by atoms with Crippen LogP contribution in [-0.4, -0.2) is 19.3 Å². The quantitative estimate of drug-likeness (QED) is 0.571. The number of benzene rings is 1. The second kappa shape index (κ2) is 9.00. The summed E-state index contributed by atoms with van der Waals surface area (Å²) in [6.45, 7) is 2.37. The molecule has 6 nitrogen and oxygen atoms in total. The predicted molar refractivity (Wildman–Crippen MR) is 110 cm³/mol. The topological polar surface area (TPSA) is 88.2 Å². The van der Waals surface area contributed by atoms with E-state index in [4.69, 9.17) is 11.6 Å². The second-order valence-electron chi connectivity index (χ2n) is 6.15. The van der Waals surface area contributed by atoms with Gasteiger partial charge >= 0.3 is 0 Å². The van der Waals surface area contributed by atoms with Crippen molar-refractivity contribution in [2.75, 3.05) is 0 Å². The van der Waals surface area contributed by atoms with E-state index in [1.807, 2.05) is 19.1 Å². The number of nitrogens with zero attached hydrogens (tertiary/aromatic N) is 1. The smallest absolute Gasteiger partial charge is 0.270 e. The minimum absolute atomic E-state index is 0.0410. The number of pyridine rings is 1. The van der Waals surface area contributed by atoms with Gasteiger partial charge in [0, 0.05) is 22.5 Å². The number of nitrogens with one attached hydrogen (secondary N) is 2. The Balaban J connectivity index is 1.58. The van der Waals surface area contributed by atoms with Gasteiger partial charge in [0.05, 0.1) is 16.5 Å². The molecule has 2 N–H and O–H groups in total. The number of sulfonamides is 1. The lowest BCUT2D eigenvalue weighted by Crippen LogP contribution is -2.24. The van der Waals surface area contributed by atoms with E-state index in [1.165, 1.54) is 17.1 Å². The monoisotopic (exact) mass is 453 g/mol. The average Bonchev–Trinajstić information content (AvgIpc) is 3.12. The van der Waals surface area contributed by atoms with Crippen molar-refractivity contribution in [3.8, 4) is 0 Å². The molecule has 0 aliphatic carbocycles. The van der Waals surface area contributed by atoms with Crippen LogP contribution >= 0.6 is 22.9 Å². The molecule has 1 aromatic carbocycles. The number of thiophene rings is 1. The van der Waals surface area contributed by atoms with Gasteiger partial charge in [-0.3, -0.25) is 9.78 Å². The van der Waals surface area contributed by atoms with Gasteiger partial charge in [0.15, 0.2) is 0 Å². The maximum Gasteiger partial charge on any atom is 0.270 e. The summed E-state index contributed by atoms with van der Waals surface area (Å²) in [4.78, 5) is 18.3. The highest BCUT2D eigenvalue weighted by molar-refractivity contribution is 7.89. The summed E-state index contributed by atoms with van der Waals surface area (Å²) in [6, 6.07) is 10.2. The summed E-state index contributed by atoms with van der Waals surface area (Å²) in [5.74, 6) is -1.01. The number of hydrogen-bond donors (Lipinski definition) is 2. The Bertz CT molecular complexity index is 1130. The van der Waals surface area contributed by atoms with Gasteiger partial charge in [0.2, 0.25) is 10.0 Å². The Labute approximate surface area is 176 Å². The number of aryl methyl sites for hydroxylation is 1. The predicted octanol–water partition coefficient (Wildman–Crippen LogP) is 3.65. The van der Waals surface area contributed by atoms with E-state index in [0.717, 1.165) is 23.1 Å². The molecule has 0 aliphatic heterocycles. The molecule has 0 bridgehead atoms. The first-order valence-corrected chi connectivity index (χ1v) is 11.2. The molecule has 0 fully saturated rings. The molecule has 0 saturated carbocycles. The molecule has 10 heteroatoms. The first kappa shape index (κ1) is 21.4. The molecular weight excluding hydrogens is 437 g/mol. The third kappa shape index (κ3) is 5.60. The van der Waals surface area contributed by atoms with E-state index in [0.29, 0.717) is 12.1 Å². The van der Waals surface area contributed by atoms with Crippen molar-refractivity contribution in [2.45, 2.75) is 24.9 Å². The Hall–Kier alpha value is -2.33. The van der Waals surface area contributed by atoms with E-state index in [1.54, 1.807) is 17.4 Å². The maximum atomic E-state index is 13.2. The maximum absolute atomic E-state index is 13.2. The van der Waals surface area contributed by atoms with Gasteiger partial charge in [-0.25, -0.2) is 17.5 Å². The third-order valence-corrected chi connectivity index (χ3v) is 6.63. The van der Waals surface area contributed by atoms with Crippen LogP contribution < -0.4 is 10.0 Å². The number of halogens is 2. The molecule has 0 spiro atoms. The van der Waals surface area contributed by atoms with E-state index < -0.39 is 15.8 Å².